The SMILES string of the molecule is [2H]C([2H])([2H])C(N(C)C)(C([2H])([2H])[2H])C([2H])([2H])n1ccc2cc(OC)ccc21. The van der Waals surface area contributed by atoms with Crippen molar-refractivity contribution in [3.8, 4) is 5.75 Å². The first-order valence-corrected chi connectivity index (χ1v) is 5.55. The van der Waals surface area contributed by atoms with E-state index >= 15 is 0 Å². The molecule has 0 atom stereocenters. The van der Waals surface area contributed by atoms with Gasteiger partial charge in [0, 0.05) is 37.4 Å². The summed E-state index contributed by atoms with van der Waals surface area (Å²) in [6, 6.07) is 6.45. The highest BCUT2D eigenvalue weighted by molar-refractivity contribution is 5.81. The highest BCUT2D eigenvalue weighted by atomic mass is 16.5. The molecule has 0 saturated carbocycles. The molecule has 2 aromatic rings. The fourth-order valence-corrected chi connectivity index (χ4v) is 1.62. The molecule has 1 heterocycles. The highest BCUT2D eigenvalue weighted by Gasteiger charge is 2.21. The number of benzene rings is 1. The van der Waals surface area contributed by atoms with Crippen molar-refractivity contribution >= 4 is 10.9 Å². The van der Waals surface area contributed by atoms with Gasteiger partial charge in [-0.15, -0.1) is 0 Å². The largest absolute Gasteiger partial charge is 0.497 e. The number of nitrogens with zero attached hydrogens (tertiary/aromatic N) is 2. The number of ether oxygens (including phenoxy) is 1. The van der Waals surface area contributed by atoms with Gasteiger partial charge in [-0.1, -0.05) is 0 Å². The van der Waals surface area contributed by atoms with Crippen molar-refractivity contribution < 1.29 is 15.7 Å². The second-order valence-electron chi connectivity index (χ2n) is 4.33. The lowest BCUT2D eigenvalue weighted by atomic mass is 10.0. The maximum atomic E-state index is 8.65. The predicted molar refractivity (Wildman–Crippen MR) is 76.3 cm³/mol. The summed E-state index contributed by atoms with van der Waals surface area (Å²) in [6.07, 6.45) is 1.36. The van der Waals surface area contributed by atoms with E-state index in [4.69, 9.17) is 15.7 Å². The Morgan fingerprint density at radius 2 is 2.17 bits per heavy atom. The second kappa shape index (κ2) is 4.65. The predicted octanol–water partition coefficient (Wildman–Crippen LogP) is 2.99. The zero-order valence-electron chi connectivity index (χ0n) is 18.7. The molecule has 0 radical (unpaired) electrons. The van der Waals surface area contributed by atoms with Crippen LogP contribution >= 0.6 is 0 Å². The van der Waals surface area contributed by atoms with Crippen LogP contribution in [-0.2, 0) is 6.50 Å². The number of rotatable bonds is 4. The van der Waals surface area contributed by atoms with E-state index in [-0.39, 0.29) is 0 Å². The van der Waals surface area contributed by atoms with E-state index in [1.165, 1.54) is 27.4 Å². The monoisotopic (exact) mass is 254 g/mol. The van der Waals surface area contributed by atoms with Crippen LogP contribution in [0.4, 0.5) is 0 Å². The molecule has 98 valence electrons. The Morgan fingerprint density at radius 1 is 1.39 bits per heavy atom. The van der Waals surface area contributed by atoms with Crippen molar-refractivity contribution in [3.05, 3.63) is 30.5 Å². The fourth-order valence-electron chi connectivity index (χ4n) is 1.62. The van der Waals surface area contributed by atoms with E-state index < -0.39 is 25.7 Å². The van der Waals surface area contributed by atoms with Gasteiger partial charge in [0.05, 0.1) is 9.85 Å². The smallest absolute Gasteiger partial charge is 0.119 e. The van der Waals surface area contributed by atoms with E-state index in [0.717, 1.165) is 9.47 Å². The molecule has 3 heteroatoms. The fraction of sp³-hybridized carbons (Fsp3) is 0.467. The van der Waals surface area contributed by atoms with Crippen molar-refractivity contribution in [1.82, 2.24) is 9.47 Å². The number of hydrogen-bond acceptors (Lipinski definition) is 2. The molecule has 0 unspecified atom stereocenters. The zero-order valence-corrected chi connectivity index (χ0v) is 10.7. The number of fused-ring (bicyclic) bond motifs is 1. The van der Waals surface area contributed by atoms with Crippen LogP contribution in [0, 0.1) is 0 Å². The molecule has 3 nitrogen and oxygen atoms in total. The van der Waals surface area contributed by atoms with Gasteiger partial charge in [0.25, 0.3) is 0 Å². The molecule has 2 rings (SSSR count). The summed E-state index contributed by atoms with van der Waals surface area (Å²) in [7, 11) is 4.04. The molecule has 0 aliphatic carbocycles. The Balaban J connectivity index is 2.84. The maximum Gasteiger partial charge on any atom is 0.119 e. The minimum atomic E-state index is -3.13. The third-order valence-electron chi connectivity index (χ3n) is 2.85. The van der Waals surface area contributed by atoms with Crippen LogP contribution in [0.2, 0.25) is 0 Å². The summed E-state index contributed by atoms with van der Waals surface area (Å²) in [5, 5.41) is 0.608. The molecule has 0 spiro atoms. The van der Waals surface area contributed by atoms with Crippen LogP contribution in [-0.4, -0.2) is 36.2 Å². The first kappa shape index (κ1) is 6.11. The lowest BCUT2D eigenvalue weighted by molar-refractivity contribution is 0.171. The summed E-state index contributed by atoms with van der Waals surface area (Å²) >= 11 is 0. The van der Waals surface area contributed by atoms with Crippen molar-refractivity contribution in [3.63, 3.8) is 0 Å². The van der Waals surface area contributed by atoms with Gasteiger partial charge >= 0.3 is 0 Å². The van der Waals surface area contributed by atoms with Crippen molar-refractivity contribution in [2.24, 2.45) is 0 Å². The number of likely N-dealkylation sites (N-methyl/N-ethyl adjacent to an activating group) is 1. The second-order valence-corrected chi connectivity index (χ2v) is 4.33. The average molecular weight is 254 g/mol. The molecule has 0 fully saturated rings. The van der Waals surface area contributed by atoms with Crippen LogP contribution < -0.4 is 4.74 Å². The van der Waals surface area contributed by atoms with Gasteiger partial charge in [-0.05, 0) is 52.1 Å². The van der Waals surface area contributed by atoms with Crippen molar-refractivity contribution in [1.29, 1.82) is 0 Å². The Hall–Kier alpha value is -1.48. The van der Waals surface area contributed by atoms with Crippen molar-refractivity contribution in [2.45, 2.75) is 25.7 Å². The van der Waals surface area contributed by atoms with Crippen LogP contribution in [0.3, 0.4) is 0 Å². The quantitative estimate of drug-likeness (QED) is 0.834. The molecular weight excluding hydrogens is 224 g/mol. The highest BCUT2D eigenvalue weighted by Crippen LogP contribution is 2.24. The molecule has 0 saturated heterocycles. The van der Waals surface area contributed by atoms with Crippen LogP contribution in [0.25, 0.3) is 10.9 Å². The molecule has 0 aliphatic rings. The lowest BCUT2D eigenvalue weighted by Gasteiger charge is -2.33. The number of hydrogen-bond donors (Lipinski definition) is 0. The molecule has 0 amide bonds. The van der Waals surface area contributed by atoms with Gasteiger partial charge in [0.2, 0.25) is 0 Å². The van der Waals surface area contributed by atoms with Crippen molar-refractivity contribution in [2.75, 3.05) is 21.2 Å². The van der Waals surface area contributed by atoms with E-state index in [2.05, 4.69) is 0 Å². The topological polar surface area (TPSA) is 17.4 Å². The lowest BCUT2D eigenvalue weighted by Crippen LogP contribution is -2.41. The molecule has 18 heavy (non-hydrogen) atoms. The molecule has 1 aromatic heterocycles. The Bertz CT molecular complexity index is 777. The molecule has 0 aliphatic heterocycles. The van der Waals surface area contributed by atoms with Gasteiger partial charge in [0.1, 0.15) is 5.75 Å². The molecule has 0 N–H and O–H groups in total. The van der Waals surface area contributed by atoms with Crippen LogP contribution in [0.1, 0.15) is 24.7 Å². The number of methoxy groups -OCH3 is 1. The third kappa shape index (κ3) is 2.36. The van der Waals surface area contributed by atoms with E-state index in [1.54, 1.807) is 24.3 Å². The first-order valence-electron chi connectivity index (χ1n) is 9.55. The third-order valence-corrected chi connectivity index (χ3v) is 2.85. The van der Waals surface area contributed by atoms with Gasteiger partial charge in [-0.25, -0.2) is 0 Å². The minimum absolute atomic E-state index is 0.371. The van der Waals surface area contributed by atoms with Gasteiger partial charge in [0.15, 0.2) is 0 Å². The van der Waals surface area contributed by atoms with E-state index in [0.29, 0.717) is 16.7 Å². The molecular formula is C15H22N2O. The Morgan fingerprint density at radius 3 is 2.78 bits per heavy atom. The summed E-state index contributed by atoms with van der Waals surface area (Å²) in [5.41, 5.74) is -2.39. The van der Waals surface area contributed by atoms with Crippen LogP contribution in [0.5, 0.6) is 5.75 Å². The summed E-state index contributed by atoms with van der Waals surface area (Å²) in [4.78, 5) is 0.947. The van der Waals surface area contributed by atoms with Crippen LogP contribution in [0.15, 0.2) is 30.5 Å². The minimum Gasteiger partial charge on any atom is -0.497 e. The summed E-state index contributed by atoms with van der Waals surface area (Å²) in [6.45, 7) is -9.04. The number of aromatic nitrogens is 1. The average Bonchev–Trinajstić information content (AvgIpc) is 2.86. The van der Waals surface area contributed by atoms with E-state index in [1.807, 2.05) is 0 Å². The van der Waals surface area contributed by atoms with E-state index in [9.17, 15) is 0 Å². The Kier molecular flexibility index (Phi) is 1.58. The summed E-state index contributed by atoms with van der Waals surface area (Å²) in [5.74, 6) is 0.557. The van der Waals surface area contributed by atoms with Gasteiger partial charge in [-0.3, -0.25) is 0 Å². The normalized spacial score (nSPS) is 21.1. The molecule has 1 aromatic carbocycles. The first-order chi connectivity index (χ1) is 11.7. The van der Waals surface area contributed by atoms with Gasteiger partial charge in [-0.2, -0.15) is 0 Å². The molecule has 0 bridgehead atoms. The Labute approximate surface area is 120 Å². The summed E-state index contributed by atoms with van der Waals surface area (Å²) < 4.78 is 71.0. The zero-order chi connectivity index (χ0) is 20.1. The maximum absolute atomic E-state index is 8.65. The van der Waals surface area contributed by atoms with Gasteiger partial charge < -0.3 is 14.2 Å². The standard InChI is InChI=1S/C15H22N2O/c1-15(2,16(3)4)11-17-9-8-12-10-13(18-5)6-7-14(12)17/h6-10H,11H2,1-5H3/i1D3,2D3,11D2.